The number of carbonyl (C=O) groups excluding carboxylic acids is 2. The van der Waals surface area contributed by atoms with Gasteiger partial charge >= 0.3 is 12.1 Å². The molecule has 0 radical (unpaired) electrons. The number of thiophene rings is 1. The molecule has 0 saturated heterocycles. The molecule has 14 heteroatoms. The maximum absolute atomic E-state index is 13.7. The summed E-state index contributed by atoms with van der Waals surface area (Å²) in [5.74, 6) is -7.13. The van der Waals surface area contributed by atoms with E-state index in [4.69, 9.17) is 0 Å². The van der Waals surface area contributed by atoms with Crippen LogP contribution in [0.2, 0.25) is 0 Å². The fourth-order valence-corrected chi connectivity index (χ4v) is 5.11. The number of halogens is 5. The van der Waals surface area contributed by atoms with Gasteiger partial charge in [-0.1, -0.05) is 6.92 Å². The highest BCUT2D eigenvalue weighted by Crippen LogP contribution is 2.48. The lowest BCUT2D eigenvalue weighted by Crippen LogP contribution is -2.33. The Hall–Kier alpha value is -2.61. The van der Waals surface area contributed by atoms with Crippen LogP contribution < -0.4 is 9.80 Å². The van der Waals surface area contributed by atoms with E-state index in [-0.39, 0.29) is 43.9 Å². The lowest BCUT2D eigenvalue weighted by Gasteiger charge is -2.22. The summed E-state index contributed by atoms with van der Waals surface area (Å²) >= 11 is 0.00208. The molecule has 3 heterocycles. The van der Waals surface area contributed by atoms with E-state index >= 15 is 0 Å². The van der Waals surface area contributed by atoms with Crippen molar-refractivity contribution >= 4 is 44.5 Å². The summed E-state index contributed by atoms with van der Waals surface area (Å²) in [5, 5.41) is 0. The third kappa shape index (κ3) is 3.85. The van der Waals surface area contributed by atoms with Crippen molar-refractivity contribution < 1.29 is 40.0 Å². The van der Waals surface area contributed by atoms with Gasteiger partial charge in [0.15, 0.2) is 15.7 Å². The number of sulfone groups is 1. The average molecular weight is 497 g/mol. The standard InChI is InChI=1S/C18H16F5N3O4S2/c1-4-32(29,30)12-6-11(25(3)9(2)27)7-24-15(12)26-8-10-5-13(31-14(10)16(26)28)17(19,20)18(21,22)23/h5-7H,4,8H2,1-3H3. The predicted octanol–water partition coefficient (Wildman–Crippen LogP) is 3.73. The lowest BCUT2D eigenvalue weighted by atomic mass is 10.2. The Morgan fingerprint density at radius 2 is 1.88 bits per heavy atom. The molecule has 1 aliphatic heterocycles. The number of pyridine rings is 1. The first-order valence-electron chi connectivity index (χ1n) is 8.98. The van der Waals surface area contributed by atoms with Crippen LogP contribution in [0.25, 0.3) is 0 Å². The lowest BCUT2D eigenvalue weighted by molar-refractivity contribution is -0.287. The summed E-state index contributed by atoms with van der Waals surface area (Å²) in [6, 6.07) is 1.75. The summed E-state index contributed by atoms with van der Waals surface area (Å²) in [6.07, 6.45) is -4.66. The van der Waals surface area contributed by atoms with Gasteiger partial charge in [-0.05, 0) is 17.7 Å². The van der Waals surface area contributed by atoms with E-state index in [1.165, 1.54) is 20.9 Å². The van der Waals surface area contributed by atoms with E-state index in [0.29, 0.717) is 6.07 Å². The third-order valence-corrected chi connectivity index (χ3v) is 7.86. The molecule has 0 aliphatic carbocycles. The highest BCUT2D eigenvalue weighted by Gasteiger charge is 2.60. The zero-order chi connectivity index (χ0) is 24.2. The smallest absolute Gasteiger partial charge is 0.314 e. The van der Waals surface area contributed by atoms with Crippen LogP contribution >= 0.6 is 11.3 Å². The second-order valence-electron chi connectivity index (χ2n) is 6.93. The Labute approximate surface area is 183 Å². The topological polar surface area (TPSA) is 87.7 Å². The van der Waals surface area contributed by atoms with Crippen molar-refractivity contribution in [1.82, 2.24) is 4.98 Å². The molecule has 3 rings (SSSR count). The summed E-state index contributed by atoms with van der Waals surface area (Å²) in [6.45, 7) is 2.17. The predicted molar refractivity (Wildman–Crippen MR) is 106 cm³/mol. The Bertz CT molecular complexity index is 1210. The molecule has 174 valence electrons. The van der Waals surface area contributed by atoms with Gasteiger partial charge in [-0.2, -0.15) is 22.0 Å². The molecule has 2 aromatic heterocycles. The monoisotopic (exact) mass is 497 g/mol. The zero-order valence-corrected chi connectivity index (χ0v) is 18.5. The first-order valence-corrected chi connectivity index (χ1v) is 11.5. The number of anilines is 2. The van der Waals surface area contributed by atoms with Gasteiger partial charge in [-0.25, -0.2) is 13.4 Å². The van der Waals surface area contributed by atoms with Crippen molar-refractivity contribution in [3.05, 3.63) is 33.6 Å². The van der Waals surface area contributed by atoms with E-state index in [9.17, 15) is 40.0 Å². The van der Waals surface area contributed by atoms with Crippen LogP contribution in [-0.2, 0) is 27.1 Å². The molecular weight excluding hydrogens is 481 g/mol. The van der Waals surface area contributed by atoms with Gasteiger partial charge in [0, 0.05) is 14.0 Å². The number of amides is 2. The number of hydrogen-bond acceptors (Lipinski definition) is 6. The van der Waals surface area contributed by atoms with E-state index in [1.54, 1.807) is 0 Å². The van der Waals surface area contributed by atoms with Crippen LogP contribution in [0.15, 0.2) is 23.2 Å². The van der Waals surface area contributed by atoms with Crippen LogP contribution in [-0.4, -0.2) is 44.2 Å². The number of hydrogen-bond donors (Lipinski definition) is 0. The van der Waals surface area contributed by atoms with Gasteiger partial charge in [0.05, 0.1) is 33.9 Å². The number of alkyl halides is 5. The Balaban J connectivity index is 2.06. The van der Waals surface area contributed by atoms with Gasteiger partial charge in [-0.3, -0.25) is 14.5 Å². The van der Waals surface area contributed by atoms with E-state index < -0.39 is 45.2 Å². The van der Waals surface area contributed by atoms with E-state index in [2.05, 4.69) is 4.98 Å². The van der Waals surface area contributed by atoms with Gasteiger partial charge in [0.25, 0.3) is 5.91 Å². The first-order chi connectivity index (χ1) is 14.6. The minimum Gasteiger partial charge on any atom is -0.314 e. The molecular formula is C18H16F5N3O4S2. The molecule has 0 saturated carbocycles. The van der Waals surface area contributed by atoms with Gasteiger partial charge in [0.1, 0.15) is 4.90 Å². The van der Waals surface area contributed by atoms with E-state index in [1.807, 2.05) is 0 Å². The van der Waals surface area contributed by atoms with Gasteiger partial charge < -0.3 is 4.90 Å². The fourth-order valence-electron chi connectivity index (χ4n) is 2.94. The van der Waals surface area contributed by atoms with Gasteiger partial charge in [0.2, 0.25) is 5.91 Å². The molecule has 2 amide bonds. The largest absolute Gasteiger partial charge is 0.458 e. The molecule has 32 heavy (non-hydrogen) atoms. The summed E-state index contributed by atoms with van der Waals surface area (Å²) < 4.78 is 90.6. The fraction of sp³-hybridized carbons (Fsp3) is 0.389. The molecule has 0 N–H and O–H groups in total. The SMILES string of the molecule is CCS(=O)(=O)c1cc(N(C)C(C)=O)cnc1N1Cc2cc(C(F)(F)C(F)(F)F)sc2C1=O. The molecule has 0 unspecified atom stereocenters. The quantitative estimate of drug-likeness (QED) is 0.588. The van der Waals surface area contributed by atoms with Gasteiger partial charge in [-0.15, -0.1) is 11.3 Å². The number of rotatable bonds is 5. The Kier molecular flexibility index (Phi) is 5.83. The minimum absolute atomic E-state index is 0.00208. The van der Waals surface area contributed by atoms with Crippen LogP contribution in [0, 0.1) is 0 Å². The van der Waals surface area contributed by atoms with Crippen LogP contribution in [0.3, 0.4) is 0 Å². The maximum atomic E-state index is 13.7. The number of nitrogens with zero attached hydrogens (tertiary/aromatic N) is 3. The average Bonchev–Trinajstić information content (AvgIpc) is 3.26. The van der Waals surface area contributed by atoms with Crippen molar-refractivity contribution in [3.63, 3.8) is 0 Å². The highest BCUT2D eigenvalue weighted by atomic mass is 32.2. The van der Waals surface area contributed by atoms with Crippen molar-refractivity contribution in [2.24, 2.45) is 0 Å². The molecule has 0 spiro atoms. The van der Waals surface area contributed by atoms with Crippen molar-refractivity contribution in [1.29, 1.82) is 0 Å². The van der Waals surface area contributed by atoms with E-state index in [0.717, 1.165) is 22.1 Å². The molecule has 0 aromatic carbocycles. The van der Waals surface area contributed by atoms with Crippen molar-refractivity contribution in [2.45, 2.75) is 37.4 Å². The summed E-state index contributed by atoms with van der Waals surface area (Å²) in [5.41, 5.74) is 0.0484. The van der Waals surface area contributed by atoms with Crippen LogP contribution in [0.4, 0.5) is 33.5 Å². The maximum Gasteiger partial charge on any atom is 0.458 e. The number of aromatic nitrogens is 1. The Morgan fingerprint density at radius 3 is 2.38 bits per heavy atom. The molecule has 1 aliphatic rings. The summed E-state index contributed by atoms with van der Waals surface area (Å²) in [4.78, 5) is 28.4. The molecule has 0 fully saturated rings. The minimum atomic E-state index is -5.82. The number of carbonyl (C=O) groups is 2. The second kappa shape index (κ2) is 7.76. The first kappa shape index (κ1) is 24.0. The van der Waals surface area contributed by atoms with Crippen LogP contribution in [0.5, 0.6) is 0 Å². The Morgan fingerprint density at radius 1 is 1.25 bits per heavy atom. The molecule has 7 nitrogen and oxygen atoms in total. The van der Waals surface area contributed by atoms with Crippen LogP contribution in [0.1, 0.15) is 34.0 Å². The third-order valence-electron chi connectivity index (χ3n) is 4.89. The summed E-state index contributed by atoms with van der Waals surface area (Å²) in [7, 11) is -2.56. The molecule has 2 aromatic rings. The molecule has 0 atom stereocenters. The number of fused-ring (bicyclic) bond motifs is 1. The molecule has 0 bridgehead atoms. The second-order valence-corrected chi connectivity index (χ2v) is 10.2. The highest BCUT2D eigenvalue weighted by molar-refractivity contribution is 7.91. The van der Waals surface area contributed by atoms with Crippen molar-refractivity contribution in [3.8, 4) is 0 Å². The zero-order valence-electron chi connectivity index (χ0n) is 16.8. The normalized spacial score (nSPS) is 14.6. The van der Waals surface area contributed by atoms with Crippen molar-refractivity contribution in [2.75, 3.05) is 22.6 Å².